The van der Waals surface area contributed by atoms with E-state index in [2.05, 4.69) is 9.97 Å². The van der Waals surface area contributed by atoms with Crippen LogP contribution in [0.5, 0.6) is 11.5 Å². The van der Waals surface area contributed by atoms with E-state index < -0.39 is 0 Å². The lowest BCUT2D eigenvalue weighted by Gasteiger charge is -2.19. The highest BCUT2D eigenvalue weighted by molar-refractivity contribution is 5.95. The van der Waals surface area contributed by atoms with Crippen LogP contribution in [0.4, 0.5) is 0 Å². The van der Waals surface area contributed by atoms with Gasteiger partial charge < -0.3 is 9.47 Å². The van der Waals surface area contributed by atoms with E-state index in [4.69, 9.17) is 9.47 Å². The van der Waals surface area contributed by atoms with Gasteiger partial charge in [0.2, 0.25) is 11.8 Å². The number of ether oxygens (including phenoxy) is 2. The van der Waals surface area contributed by atoms with Crippen molar-refractivity contribution < 1.29 is 19.1 Å². The third-order valence-electron chi connectivity index (χ3n) is 6.24. The van der Waals surface area contributed by atoms with Crippen molar-refractivity contribution in [1.82, 2.24) is 28.9 Å². The van der Waals surface area contributed by atoms with Crippen LogP contribution < -0.4 is 9.47 Å². The average molecular weight is 525 g/mol. The van der Waals surface area contributed by atoms with Crippen molar-refractivity contribution in [2.45, 2.75) is 39.8 Å². The number of imidazole rings is 2. The summed E-state index contributed by atoms with van der Waals surface area (Å²) in [6.45, 7) is 7.73. The molecule has 38 heavy (non-hydrogen) atoms. The molecule has 0 aliphatic heterocycles. The highest BCUT2D eigenvalue weighted by Gasteiger charge is 2.21. The fourth-order valence-corrected chi connectivity index (χ4v) is 3.50. The van der Waals surface area contributed by atoms with Gasteiger partial charge in [0.05, 0.1) is 42.9 Å². The van der Waals surface area contributed by atoms with Crippen molar-refractivity contribution in [2.75, 3.05) is 42.4 Å². The number of methoxy groups -OCH3 is 2. The average Bonchev–Trinajstić information content (AvgIpc) is 3.56. The monoisotopic (exact) mass is 524 g/mol. The number of hydrogen-bond acceptors (Lipinski definition) is 8. The van der Waals surface area contributed by atoms with Crippen LogP contribution >= 0.6 is 0 Å². The number of likely N-dealkylation sites (N-methyl/N-ethyl adjacent to an activating group) is 2. The molecule has 4 aromatic rings. The van der Waals surface area contributed by atoms with Gasteiger partial charge in [0.15, 0.2) is 0 Å². The minimum absolute atomic E-state index is 0.00393. The number of benzene rings is 2. The predicted octanol–water partition coefficient (Wildman–Crippen LogP) is 4.30. The summed E-state index contributed by atoms with van der Waals surface area (Å²) in [5, 5.41) is 0. The van der Waals surface area contributed by atoms with Gasteiger partial charge in [0.25, 0.3) is 0 Å². The molecule has 10 heteroatoms. The van der Waals surface area contributed by atoms with E-state index in [0.29, 0.717) is 5.75 Å². The van der Waals surface area contributed by atoms with Crippen molar-refractivity contribution in [3.63, 3.8) is 0 Å². The molecule has 4 rings (SSSR count). The van der Waals surface area contributed by atoms with E-state index in [1.54, 1.807) is 36.0 Å². The molecule has 0 N–H and O–H groups in total. The molecule has 2 heterocycles. The van der Waals surface area contributed by atoms with Crippen molar-refractivity contribution >= 4 is 33.9 Å². The van der Waals surface area contributed by atoms with E-state index in [1.807, 2.05) is 102 Å². The summed E-state index contributed by atoms with van der Waals surface area (Å²) in [4.78, 5) is 36.8. The molecule has 0 bridgehead atoms. The quantitative estimate of drug-likeness (QED) is 0.369. The number of carbonyl (C=O) groups is 2. The molecule has 0 saturated heterocycles. The summed E-state index contributed by atoms with van der Waals surface area (Å²) < 4.78 is 13.6. The van der Waals surface area contributed by atoms with Crippen molar-refractivity contribution in [3.05, 3.63) is 49.1 Å². The van der Waals surface area contributed by atoms with Crippen molar-refractivity contribution in [1.29, 1.82) is 0 Å². The Morgan fingerprint density at radius 2 is 1.34 bits per heavy atom. The first-order valence-electron chi connectivity index (χ1n) is 12.5. The zero-order valence-electron chi connectivity index (χ0n) is 24.1. The van der Waals surface area contributed by atoms with Crippen LogP contribution in [0.2, 0.25) is 0 Å². The van der Waals surface area contributed by atoms with E-state index in [-0.39, 0.29) is 23.9 Å². The van der Waals surface area contributed by atoms with Gasteiger partial charge in [-0.3, -0.25) is 28.5 Å². The Bertz CT molecular complexity index is 1360. The van der Waals surface area contributed by atoms with Crippen LogP contribution in [0.25, 0.3) is 22.1 Å². The number of carbonyl (C=O) groups excluding carboxylic acids is 2. The predicted molar refractivity (Wildman–Crippen MR) is 151 cm³/mol. The minimum atomic E-state index is -0.215. The zero-order valence-corrected chi connectivity index (χ0v) is 24.1. The fourth-order valence-electron chi connectivity index (χ4n) is 3.50. The molecule has 0 fully saturated rings. The highest BCUT2D eigenvalue weighted by Crippen LogP contribution is 2.25. The molecule has 0 saturated carbocycles. The minimum Gasteiger partial charge on any atom is -0.497 e. The summed E-state index contributed by atoms with van der Waals surface area (Å²) in [7, 11) is 10.7. The van der Waals surface area contributed by atoms with Crippen LogP contribution in [0, 0.1) is 0 Å². The largest absolute Gasteiger partial charge is 0.497 e. The van der Waals surface area contributed by atoms with Gasteiger partial charge >= 0.3 is 0 Å². The molecule has 2 aromatic heterocycles. The number of hydrogen-bond donors (Lipinski definition) is 0. The highest BCUT2D eigenvalue weighted by atomic mass is 16.5. The number of nitrogens with zero attached hydrogens (tertiary/aromatic N) is 6. The molecule has 0 aliphatic carbocycles. The second kappa shape index (κ2) is 13.7. The molecular formula is C28H40N6O4. The Morgan fingerprint density at radius 3 is 1.89 bits per heavy atom. The summed E-state index contributed by atoms with van der Waals surface area (Å²) >= 11 is 0. The smallest absolute Gasteiger partial charge is 0.249 e. The molecule has 206 valence electrons. The number of rotatable bonds is 6. The maximum atomic E-state index is 12.4. The van der Waals surface area contributed by atoms with Crippen molar-refractivity contribution in [3.8, 4) is 11.5 Å². The fraction of sp³-hybridized carbons (Fsp3) is 0.429. The number of aromatic nitrogens is 4. The van der Waals surface area contributed by atoms with Crippen LogP contribution in [-0.2, 0) is 0 Å². The topological polar surface area (TPSA) is 94.7 Å². The van der Waals surface area contributed by atoms with Crippen LogP contribution in [0.3, 0.4) is 0 Å². The van der Waals surface area contributed by atoms with E-state index >= 15 is 0 Å². The second-order valence-corrected chi connectivity index (χ2v) is 8.87. The van der Waals surface area contributed by atoms with Crippen molar-refractivity contribution in [2.24, 2.45) is 0 Å². The molecule has 10 nitrogen and oxygen atoms in total. The van der Waals surface area contributed by atoms with Crippen LogP contribution in [0.1, 0.15) is 37.3 Å². The summed E-state index contributed by atoms with van der Waals surface area (Å²) in [5.41, 5.74) is 3.04. The Labute approximate surface area is 224 Å². The first-order valence-corrected chi connectivity index (χ1v) is 12.5. The molecule has 0 radical (unpaired) electrons. The second-order valence-electron chi connectivity index (χ2n) is 8.87. The zero-order chi connectivity index (χ0) is 28.6. The van der Waals surface area contributed by atoms with E-state index in [1.165, 1.54) is 0 Å². The molecule has 0 amide bonds. The molecule has 2 aromatic carbocycles. The summed E-state index contributed by atoms with van der Waals surface area (Å²) in [6.07, 6.45) is 3.11. The third kappa shape index (κ3) is 6.56. The standard InChI is InChI=1S/2C13H17N3O2.C2H6/c1-9(15(2)3)13(17)16-8-14-11-6-5-10(18-4)7-12(11)16;1-9(15(2)3)13(17)16-8-14-10-6-5-7-11(18-4)12(10)16;1-2/h2*5-9H,1-4H3;1-2H3/t2*9-;/m11./s1. The van der Waals surface area contributed by atoms with Crippen LogP contribution in [0.15, 0.2) is 49.1 Å². The van der Waals surface area contributed by atoms with Gasteiger partial charge in [-0.25, -0.2) is 9.97 Å². The molecule has 2 atom stereocenters. The number of fused-ring (bicyclic) bond motifs is 2. The molecule has 0 aliphatic rings. The molecule has 0 unspecified atom stereocenters. The van der Waals surface area contributed by atoms with Crippen LogP contribution in [-0.4, -0.2) is 95.2 Å². The lowest BCUT2D eigenvalue weighted by Crippen LogP contribution is -2.36. The third-order valence-corrected chi connectivity index (χ3v) is 6.24. The van der Waals surface area contributed by atoms with Gasteiger partial charge in [0, 0.05) is 6.07 Å². The van der Waals surface area contributed by atoms with Gasteiger partial charge in [-0.15, -0.1) is 0 Å². The summed E-state index contributed by atoms with van der Waals surface area (Å²) in [5.74, 6) is 1.35. The SMILES string of the molecule is CC.COc1ccc2ncn(C(=O)[C@@H](C)N(C)C)c2c1.COc1cccc2ncn(C(=O)[C@@H](C)N(C)C)c12. The van der Waals surface area contributed by atoms with Gasteiger partial charge in [0.1, 0.15) is 29.7 Å². The Hall–Kier alpha value is -3.76. The Kier molecular flexibility index (Phi) is 11.0. The first-order chi connectivity index (χ1) is 18.1. The normalized spacial score (nSPS) is 12.4. The van der Waals surface area contributed by atoms with Gasteiger partial charge in [-0.1, -0.05) is 19.9 Å². The Balaban J connectivity index is 0.000000251. The lowest BCUT2D eigenvalue weighted by atomic mass is 10.2. The maximum absolute atomic E-state index is 12.4. The Morgan fingerprint density at radius 1 is 0.789 bits per heavy atom. The first kappa shape index (κ1) is 30.5. The molecule has 0 spiro atoms. The lowest BCUT2D eigenvalue weighted by molar-refractivity contribution is 0.0801. The maximum Gasteiger partial charge on any atom is 0.249 e. The summed E-state index contributed by atoms with van der Waals surface area (Å²) in [6, 6.07) is 10.6. The van der Waals surface area contributed by atoms with Gasteiger partial charge in [-0.05, 0) is 66.3 Å². The number of para-hydroxylation sites is 1. The van der Waals surface area contributed by atoms with E-state index in [9.17, 15) is 9.59 Å². The van der Waals surface area contributed by atoms with E-state index in [0.717, 1.165) is 27.8 Å². The van der Waals surface area contributed by atoms with Gasteiger partial charge in [-0.2, -0.15) is 0 Å². The molecular weight excluding hydrogens is 484 g/mol.